The molecule has 0 fully saturated rings. The highest BCUT2D eigenvalue weighted by Crippen LogP contribution is 2.17. The number of ether oxygens (including phenoxy) is 1. The molecule has 0 aliphatic heterocycles. The molecule has 0 rings (SSSR count). The Bertz CT molecular complexity index is 161. The van der Waals surface area contributed by atoms with Gasteiger partial charge in [-0.3, -0.25) is 0 Å². The highest BCUT2D eigenvalue weighted by Gasteiger charge is 2.31. The van der Waals surface area contributed by atoms with Crippen molar-refractivity contribution in [3.8, 4) is 0 Å². The van der Waals surface area contributed by atoms with Crippen molar-refractivity contribution in [2.45, 2.75) is 32.2 Å². The van der Waals surface area contributed by atoms with Gasteiger partial charge in [-0.2, -0.15) is 13.2 Å². The quantitative estimate of drug-likeness (QED) is 0.716. The van der Waals surface area contributed by atoms with Crippen molar-refractivity contribution in [1.82, 2.24) is 0 Å². The SMILES string of the molecule is CC(C)C(N)C(CO)OCC(F)(F)F. The van der Waals surface area contributed by atoms with Crippen molar-refractivity contribution in [2.75, 3.05) is 13.2 Å². The van der Waals surface area contributed by atoms with Crippen LogP contribution in [-0.4, -0.2) is 36.6 Å². The summed E-state index contributed by atoms with van der Waals surface area (Å²) in [6.07, 6.45) is -5.35. The van der Waals surface area contributed by atoms with Crippen molar-refractivity contribution in [1.29, 1.82) is 0 Å². The first-order chi connectivity index (χ1) is 6.28. The fourth-order valence-corrected chi connectivity index (χ4v) is 0.916. The second kappa shape index (κ2) is 5.53. The Labute approximate surface area is 81.0 Å². The number of hydrogen-bond donors (Lipinski definition) is 2. The molecule has 0 aromatic rings. The van der Waals surface area contributed by atoms with Gasteiger partial charge in [0.25, 0.3) is 0 Å². The van der Waals surface area contributed by atoms with Gasteiger partial charge in [-0.25, -0.2) is 0 Å². The molecule has 0 spiro atoms. The first-order valence-electron chi connectivity index (χ1n) is 4.32. The van der Waals surface area contributed by atoms with Crippen LogP contribution in [0.1, 0.15) is 13.8 Å². The van der Waals surface area contributed by atoms with Gasteiger partial charge in [0.1, 0.15) is 6.61 Å². The number of nitrogens with two attached hydrogens (primary N) is 1. The van der Waals surface area contributed by atoms with Crippen LogP contribution in [-0.2, 0) is 4.74 Å². The molecule has 86 valence electrons. The minimum atomic E-state index is -4.38. The highest BCUT2D eigenvalue weighted by atomic mass is 19.4. The second-order valence-corrected chi connectivity index (χ2v) is 3.47. The molecule has 3 nitrogen and oxygen atoms in total. The molecule has 2 atom stereocenters. The Morgan fingerprint density at radius 1 is 1.36 bits per heavy atom. The summed E-state index contributed by atoms with van der Waals surface area (Å²) < 4.78 is 39.8. The minimum absolute atomic E-state index is 0.0413. The van der Waals surface area contributed by atoms with Crippen LogP contribution in [0, 0.1) is 5.92 Å². The normalized spacial score (nSPS) is 17.1. The smallest absolute Gasteiger partial charge is 0.394 e. The molecule has 0 saturated heterocycles. The fourth-order valence-electron chi connectivity index (χ4n) is 0.916. The van der Waals surface area contributed by atoms with Crippen LogP contribution in [0.5, 0.6) is 0 Å². The molecule has 0 amide bonds. The van der Waals surface area contributed by atoms with Crippen LogP contribution in [0.25, 0.3) is 0 Å². The van der Waals surface area contributed by atoms with Crippen molar-refractivity contribution < 1.29 is 23.0 Å². The number of aliphatic hydroxyl groups is 1. The zero-order valence-electron chi connectivity index (χ0n) is 8.21. The lowest BCUT2D eigenvalue weighted by Gasteiger charge is -2.25. The van der Waals surface area contributed by atoms with Gasteiger partial charge in [0.2, 0.25) is 0 Å². The van der Waals surface area contributed by atoms with E-state index in [-0.39, 0.29) is 5.92 Å². The average Bonchev–Trinajstić information content (AvgIpc) is 2.02. The Kier molecular flexibility index (Phi) is 5.40. The fraction of sp³-hybridized carbons (Fsp3) is 1.00. The minimum Gasteiger partial charge on any atom is -0.394 e. The molecule has 0 aromatic heterocycles. The topological polar surface area (TPSA) is 55.5 Å². The lowest BCUT2D eigenvalue weighted by Crippen LogP contribution is -2.44. The first-order valence-corrected chi connectivity index (χ1v) is 4.32. The van der Waals surface area contributed by atoms with Crippen LogP contribution >= 0.6 is 0 Å². The maximum Gasteiger partial charge on any atom is 0.411 e. The highest BCUT2D eigenvalue weighted by molar-refractivity contribution is 4.76. The second-order valence-electron chi connectivity index (χ2n) is 3.47. The Morgan fingerprint density at radius 3 is 2.14 bits per heavy atom. The summed E-state index contributed by atoms with van der Waals surface area (Å²) in [4.78, 5) is 0. The molecular formula is C8H16F3NO2. The van der Waals surface area contributed by atoms with Crippen molar-refractivity contribution in [3.63, 3.8) is 0 Å². The summed E-state index contributed by atoms with van der Waals surface area (Å²) in [5.41, 5.74) is 5.55. The third-order valence-electron chi connectivity index (χ3n) is 1.84. The number of rotatable bonds is 5. The first kappa shape index (κ1) is 13.7. The summed E-state index contributed by atoms with van der Waals surface area (Å²) in [6, 6.07) is -0.595. The van der Waals surface area contributed by atoms with Gasteiger partial charge in [-0.15, -0.1) is 0 Å². The predicted molar refractivity (Wildman–Crippen MR) is 45.7 cm³/mol. The van der Waals surface area contributed by atoms with Crippen LogP contribution in [0.3, 0.4) is 0 Å². The molecule has 2 unspecified atom stereocenters. The molecule has 6 heteroatoms. The van der Waals surface area contributed by atoms with E-state index in [0.29, 0.717) is 0 Å². The average molecular weight is 215 g/mol. The maximum absolute atomic E-state index is 11.8. The van der Waals surface area contributed by atoms with E-state index in [2.05, 4.69) is 4.74 Å². The zero-order valence-corrected chi connectivity index (χ0v) is 8.21. The van der Waals surface area contributed by atoms with E-state index < -0.39 is 31.5 Å². The summed E-state index contributed by atoms with van der Waals surface area (Å²) in [5.74, 6) is -0.0413. The third kappa shape index (κ3) is 5.41. The molecule has 0 bridgehead atoms. The van der Waals surface area contributed by atoms with Crippen LogP contribution in [0.2, 0.25) is 0 Å². The maximum atomic E-state index is 11.8. The van der Waals surface area contributed by atoms with E-state index >= 15 is 0 Å². The van der Waals surface area contributed by atoms with Gasteiger partial charge in [0.05, 0.1) is 12.7 Å². The van der Waals surface area contributed by atoms with E-state index in [1.54, 1.807) is 13.8 Å². The van der Waals surface area contributed by atoms with Crippen LogP contribution in [0.4, 0.5) is 13.2 Å². The third-order valence-corrected chi connectivity index (χ3v) is 1.84. The predicted octanol–water partition coefficient (Wildman–Crippen LogP) is 0.909. The summed E-state index contributed by atoms with van der Waals surface area (Å²) in [6.45, 7) is 1.63. The van der Waals surface area contributed by atoms with Crippen LogP contribution < -0.4 is 5.73 Å². The molecule has 0 aliphatic rings. The van der Waals surface area contributed by atoms with Crippen LogP contribution in [0.15, 0.2) is 0 Å². The van der Waals surface area contributed by atoms with Gasteiger partial charge in [0, 0.05) is 6.04 Å². The van der Waals surface area contributed by atoms with Crippen molar-refractivity contribution >= 4 is 0 Å². The monoisotopic (exact) mass is 215 g/mol. The number of hydrogen-bond acceptors (Lipinski definition) is 3. The molecule has 0 heterocycles. The summed E-state index contributed by atoms with van der Waals surface area (Å²) in [5, 5.41) is 8.77. The lowest BCUT2D eigenvalue weighted by molar-refractivity contribution is -0.191. The Morgan fingerprint density at radius 2 is 1.86 bits per heavy atom. The molecule has 0 aliphatic carbocycles. The summed E-state index contributed by atoms with van der Waals surface area (Å²) in [7, 11) is 0. The Balaban J connectivity index is 4.03. The van der Waals surface area contributed by atoms with Gasteiger partial charge in [0.15, 0.2) is 0 Å². The summed E-state index contributed by atoms with van der Waals surface area (Å²) >= 11 is 0. The van der Waals surface area contributed by atoms with E-state index in [1.165, 1.54) is 0 Å². The standard InChI is InChI=1S/C8H16F3NO2/c1-5(2)7(12)6(3-13)14-4-8(9,10)11/h5-7,13H,3-4,12H2,1-2H3. The van der Waals surface area contributed by atoms with Crippen molar-refractivity contribution in [3.05, 3.63) is 0 Å². The van der Waals surface area contributed by atoms with Gasteiger partial charge in [-0.1, -0.05) is 13.8 Å². The van der Waals surface area contributed by atoms with E-state index in [9.17, 15) is 13.2 Å². The lowest BCUT2D eigenvalue weighted by atomic mass is 10.0. The number of halogens is 3. The van der Waals surface area contributed by atoms with E-state index in [0.717, 1.165) is 0 Å². The molecule has 0 aromatic carbocycles. The molecule has 3 N–H and O–H groups in total. The largest absolute Gasteiger partial charge is 0.411 e. The zero-order chi connectivity index (χ0) is 11.4. The number of aliphatic hydroxyl groups excluding tert-OH is 1. The molecule has 0 radical (unpaired) electrons. The van der Waals surface area contributed by atoms with E-state index in [4.69, 9.17) is 10.8 Å². The van der Waals surface area contributed by atoms with E-state index in [1.807, 2.05) is 0 Å². The number of alkyl halides is 3. The van der Waals surface area contributed by atoms with Gasteiger partial charge >= 0.3 is 6.18 Å². The van der Waals surface area contributed by atoms with Gasteiger partial charge in [-0.05, 0) is 5.92 Å². The van der Waals surface area contributed by atoms with Gasteiger partial charge < -0.3 is 15.6 Å². The molecule has 0 saturated carbocycles. The van der Waals surface area contributed by atoms with Crippen molar-refractivity contribution in [2.24, 2.45) is 11.7 Å². The molecule has 14 heavy (non-hydrogen) atoms. The molecular weight excluding hydrogens is 199 g/mol. The Hall–Kier alpha value is -0.330.